The lowest BCUT2D eigenvalue weighted by Crippen LogP contribution is -2.50. The van der Waals surface area contributed by atoms with Crippen LogP contribution < -0.4 is 10.5 Å². The summed E-state index contributed by atoms with van der Waals surface area (Å²) in [6.07, 6.45) is 5.01. The summed E-state index contributed by atoms with van der Waals surface area (Å²) in [5.74, 6) is 2.18. The van der Waals surface area contributed by atoms with Gasteiger partial charge in [-0.05, 0) is 50.0 Å². The Kier molecular flexibility index (Phi) is 4.10. The number of hydrogen-bond acceptors (Lipinski definition) is 3. The van der Waals surface area contributed by atoms with Crippen LogP contribution in [0.5, 0.6) is 0 Å². The highest BCUT2D eigenvalue weighted by Crippen LogP contribution is 2.49. The van der Waals surface area contributed by atoms with Crippen LogP contribution in [0.2, 0.25) is 0 Å². The van der Waals surface area contributed by atoms with Crippen molar-refractivity contribution in [2.75, 3.05) is 12.3 Å². The van der Waals surface area contributed by atoms with Gasteiger partial charge in [0, 0.05) is 6.04 Å². The van der Waals surface area contributed by atoms with Gasteiger partial charge in [0.1, 0.15) is 0 Å². The highest BCUT2D eigenvalue weighted by molar-refractivity contribution is 7.89. The maximum absolute atomic E-state index is 11.8. The minimum Gasteiger partial charge on any atom is -0.330 e. The molecule has 2 saturated carbocycles. The van der Waals surface area contributed by atoms with Crippen LogP contribution in [-0.4, -0.2) is 26.8 Å². The number of rotatable bonds is 6. The topological polar surface area (TPSA) is 72.2 Å². The molecule has 100 valence electrons. The predicted molar refractivity (Wildman–Crippen MR) is 69.0 cm³/mol. The van der Waals surface area contributed by atoms with Gasteiger partial charge >= 0.3 is 0 Å². The van der Waals surface area contributed by atoms with Crippen LogP contribution in [0.15, 0.2) is 0 Å². The van der Waals surface area contributed by atoms with Crippen LogP contribution in [-0.2, 0) is 10.0 Å². The van der Waals surface area contributed by atoms with Gasteiger partial charge < -0.3 is 5.73 Å². The molecule has 17 heavy (non-hydrogen) atoms. The minimum absolute atomic E-state index is 0.193. The molecule has 2 aliphatic rings. The Morgan fingerprint density at radius 2 is 2.06 bits per heavy atom. The second-order valence-corrected chi connectivity index (χ2v) is 7.50. The molecule has 0 heterocycles. The van der Waals surface area contributed by atoms with E-state index in [0.29, 0.717) is 11.8 Å². The molecule has 0 aliphatic heterocycles. The summed E-state index contributed by atoms with van der Waals surface area (Å²) in [5, 5.41) is 0. The van der Waals surface area contributed by atoms with Crippen LogP contribution in [0, 0.1) is 17.8 Å². The van der Waals surface area contributed by atoms with Crippen molar-refractivity contribution in [3.8, 4) is 0 Å². The van der Waals surface area contributed by atoms with Crippen molar-refractivity contribution in [2.24, 2.45) is 23.5 Å². The Morgan fingerprint density at radius 1 is 1.29 bits per heavy atom. The molecule has 4 nitrogen and oxygen atoms in total. The molecule has 2 aliphatic carbocycles. The van der Waals surface area contributed by atoms with Crippen molar-refractivity contribution in [3.63, 3.8) is 0 Å². The van der Waals surface area contributed by atoms with Crippen LogP contribution in [0.4, 0.5) is 0 Å². The summed E-state index contributed by atoms with van der Waals surface area (Å²) < 4.78 is 26.5. The third-order valence-electron chi connectivity index (χ3n) is 4.35. The van der Waals surface area contributed by atoms with Gasteiger partial charge in [-0.3, -0.25) is 0 Å². The summed E-state index contributed by atoms with van der Waals surface area (Å²) in [5.41, 5.74) is 5.69. The molecular weight excluding hydrogens is 236 g/mol. The number of hydrogen-bond donors (Lipinski definition) is 2. The monoisotopic (exact) mass is 260 g/mol. The maximum Gasteiger partial charge on any atom is 0.211 e. The van der Waals surface area contributed by atoms with E-state index in [4.69, 9.17) is 5.73 Å². The van der Waals surface area contributed by atoms with Gasteiger partial charge in [-0.25, -0.2) is 13.1 Å². The van der Waals surface area contributed by atoms with Crippen LogP contribution in [0.25, 0.3) is 0 Å². The molecule has 4 atom stereocenters. The third kappa shape index (κ3) is 3.01. The van der Waals surface area contributed by atoms with E-state index in [1.165, 1.54) is 6.42 Å². The number of unbranched alkanes of at least 4 members (excludes halogenated alkanes) is 1. The molecule has 0 aromatic carbocycles. The fraction of sp³-hybridized carbons (Fsp3) is 1.00. The summed E-state index contributed by atoms with van der Waals surface area (Å²) in [6.45, 7) is 2.76. The largest absolute Gasteiger partial charge is 0.330 e. The average Bonchev–Trinajstić information content (AvgIpc) is 2.61. The van der Waals surface area contributed by atoms with Gasteiger partial charge in [-0.15, -0.1) is 0 Å². The first-order chi connectivity index (χ1) is 8.05. The lowest BCUT2D eigenvalue weighted by atomic mass is 9.72. The molecule has 3 N–H and O–H groups in total. The fourth-order valence-corrected chi connectivity index (χ4v) is 4.82. The Bertz CT molecular complexity index is 356. The first-order valence-corrected chi connectivity index (χ1v) is 8.41. The molecule has 0 bridgehead atoms. The zero-order valence-corrected chi connectivity index (χ0v) is 11.4. The first kappa shape index (κ1) is 13.3. The molecule has 0 radical (unpaired) electrons. The molecule has 2 fully saturated rings. The number of nitrogens with one attached hydrogen (secondary N) is 1. The van der Waals surface area contributed by atoms with Gasteiger partial charge in [-0.2, -0.15) is 0 Å². The summed E-state index contributed by atoms with van der Waals surface area (Å²) >= 11 is 0. The summed E-state index contributed by atoms with van der Waals surface area (Å²) in [6, 6.07) is 0.193. The zero-order chi connectivity index (χ0) is 12.5. The molecule has 4 unspecified atom stereocenters. The van der Waals surface area contributed by atoms with Crippen molar-refractivity contribution in [3.05, 3.63) is 0 Å². The Morgan fingerprint density at radius 3 is 2.71 bits per heavy atom. The van der Waals surface area contributed by atoms with Crippen molar-refractivity contribution in [2.45, 2.75) is 45.1 Å². The third-order valence-corrected chi connectivity index (χ3v) is 5.84. The zero-order valence-electron chi connectivity index (χ0n) is 10.6. The lowest BCUT2D eigenvalue weighted by Gasteiger charge is -2.40. The van der Waals surface area contributed by atoms with E-state index in [2.05, 4.69) is 4.72 Å². The van der Waals surface area contributed by atoms with Crippen molar-refractivity contribution < 1.29 is 8.42 Å². The van der Waals surface area contributed by atoms with Crippen molar-refractivity contribution in [1.82, 2.24) is 4.72 Å². The van der Waals surface area contributed by atoms with E-state index in [1.807, 2.05) is 6.92 Å². The SMILES string of the molecule is CCCCS(=O)(=O)NC1CC2CC(CN)CC21. The quantitative estimate of drug-likeness (QED) is 0.750. The average molecular weight is 260 g/mol. The maximum atomic E-state index is 11.8. The molecule has 0 aromatic heterocycles. The van der Waals surface area contributed by atoms with E-state index < -0.39 is 10.0 Å². The van der Waals surface area contributed by atoms with E-state index in [1.54, 1.807) is 0 Å². The van der Waals surface area contributed by atoms with Gasteiger partial charge in [0.15, 0.2) is 0 Å². The highest BCUT2D eigenvalue weighted by atomic mass is 32.2. The second-order valence-electron chi connectivity index (χ2n) is 5.63. The van der Waals surface area contributed by atoms with Crippen LogP contribution in [0.1, 0.15) is 39.0 Å². The first-order valence-electron chi connectivity index (χ1n) is 6.75. The fourth-order valence-electron chi connectivity index (χ4n) is 3.30. The van der Waals surface area contributed by atoms with Crippen molar-refractivity contribution >= 4 is 10.0 Å². The standard InChI is InChI=1S/C12H24N2O2S/c1-2-3-4-17(15,16)14-12-7-10-5-9(8-13)6-11(10)12/h9-12,14H,2-8,13H2,1H3. The van der Waals surface area contributed by atoms with Gasteiger partial charge in [0.25, 0.3) is 0 Å². The molecular formula is C12H24N2O2S. The Balaban J connectivity index is 1.82. The van der Waals surface area contributed by atoms with Crippen LogP contribution >= 0.6 is 0 Å². The predicted octanol–water partition coefficient (Wildman–Crippen LogP) is 1.08. The van der Waals surface area contributed by atoms with E-state index in [0.717, 1.165) is 38.1 Å². The van der Waals surface area contributed by atoms with E-state index in [-0.39, 0.29) is 11.8 Å². The normalized spacial score (nSPS) is 36.6. The lowest BCUT2D eigenvalue weighted by molar-refractivity contribution is 0.158. The van der Waals surface area contributed by atoms with Gasteiger partial charge in [0.2, 0.25) is 10.0 Å². The van der Waals surface area contributed by atoms with Gasteiger partial charge in [0.05, 0.1) is 5.75 Å². The molecule has 5 heteroatoms. The minimum atomic E-state index is -3.05. The molecule has 0 saturated heterocycles. The molecule has 0 aromatic rings. The Labute approximate surface area is 104 Å². The second kappa shape index (κ2) is 5.24. The molecule has 0 amide bonds. The van der Waals surface area contributed by atoms with E-state index in [9.17, 15) is 8.42 Å². The summed E-state index contributed by atoms with van der Waals surface area (Å²) in [4.78, 5) is 0. The number of sulfonamides is 1. The molecule has 2 rings (SSSR count). The van der Waals surface area contributed by atoms with Gasteiger partial charge in [-0.1, -0.05) is 13.3 Å². The van der Waals surface area contributed by atoms with Crippen LogP contribution in [0.3, 0.4) is 0 Å². The van der Waals surface area contributed by atoms with Crippen molar-refractivity contribution in [1.29, 1.82) is 0 Å². The summed E-state index contributed by atoms with van der Waals surface area (Å²) in [7, 11) is -3.05. The smallest absolute Gasteiger partial charge is 0.211 e. The molecule has 0 spiro atoms. The number of fused-ring (bicyclic) bond motifs is 1. The Hall–Kier alpha value is -0.130. The van der Waals surface area contributed by atoms with E-state index >= 15 is 0 Å². The highest BCUT2D eigenvalue weighted by Gasteiger charge is 2.48. The number of nitrogens with two attached hydrogens (primary N) is 1.